The highest BCUT2D eigenvalue weighted by Crippen LogP contribution is 2.22. The second-order valence-electron chi connectivity index (χ2n) is 6.23. The maximum Gasteiger partial charge on any atom is 0.341 e. The van der Waals surface area contributed by atoms with Gasteiger partial charge < -0.3 is 10.1 Å². The first-order valence-corrected chi connectivity index (χ1v) is 9.74. The Morgan fingerprint density at radius 1 is 1.04 bits per heavy atom. The molecule has 0 atom stereocenters. The zero-order valence-corrected chi connectivity index (χ0v) is 16.3. The first kappa shape index (κ1) is 21.5. The number of ether oxygens (including phenoxy) is 1. The van der Waals surface area contributed by atoms with Crippen molar-refractivity contribution in [3.63, 3.8) is 0 Å². The summed E-state index contributed by atoms with van der Waals surface area (Å²) in [5.41, 5.74) is 3.36. The Hall–Kier alpha value is -2.81. The number of amides is 1. The lowest BCUT2D eigenvalue weighted by Crippen LogP contribution is -2.22. The topological polar surface area (TPSA) is 89.5 Å². The Morgan fingerprint density at radius 2 is 1.57 bits per heavy atom. The van der Waals surface area contributed by atoms with Gasteiger partial charge in [-0.15, -0.1) is 0 Å². The van der Waals surface area contributed by atoms with Crippen molar-refractivity contribution in [1.82, 2.24) is 0 Å². The number of hydrogen-bond donors (Lipinski definition) is 1. The summed E-state index contributed by atoms with van der Waals surface area (Å²) in [5, 5.41) is 2.68. The van der Waals surface area contributed by atoms with Crippen LogP contribution in [-0.2, 0) is 19.4 Å². The van der Waals surface area contributed by atoms with E-state index in [2.05, 4.69) is 5.32 Å². The third-order valence-electron chi connectivity index (χ3n) is 3.93. The number of benzene rings is 2. The highest BCUT2D eigenvalue weighted by Gasteiger charge is 2.26. The van der Waals surface area contributed by atoms with Crippen LogP contribution in [0.15, 0.2) is 41.3 Å². The number of sulfone groups is 1. The van der Waals surface area contributed by atoms with E-state index in [-0.39, 0.29) is 5.56 Å². The number of nitrogens with one attached hydrogen (secondary N) is 1. The summed E-state index contributed by atoms with van der Waals surface area (Å²) < 4.78 is 52.6. The largest absolute Gasteiger partial charge is 0.452 e. The number of rotatable bonds is 6. The summed E-state index contributed by atoms with van der Waals surface area (Å²) in [4.78, 5) is 23.4. The predicted octanol–water partition coefficient (Wildman–Crippen LogP) is 3.40. The molecule has 2 aromatic rings. The third-order valence-corrected chi connectivity index (χ3v) is 5.33. The van der Waals surface area contributed by atoms with Crippen molar-refractivity contribution in [1.29, 1.82) is 0 Å². The molecule has 6 nitrogen and oxygen atoms in total. The smallest absolute Gasteiger partial charge is 0.341 e. The first-order chi connectivity index (χ1) is 13.0. The van der Waals surface area contributed by atoms with Gasteiger partial charge in [0.15, 0.2) is 6.61 Å². The summed E-state index contributed by atoms with van der Waals surface area (Å²) in [6.45, 7) is 5.07. The van der Waals surface area contributed by atoms with Gasteiger partial charge in [0.05, 0.1) is 10.5 Å². The third kappa shape index (κ3) is 4.92. The molecule has 0 fully saturated rings. The fourth-order valence-electron chi connectivity index (χ4n) is 2.65. The van der Waals surface area contributed by atoms with E-state index in [1.807, 2.05) is 32.9 Å². The average Bonchev–Trinajstić information content (AvgIpc) is 2.62. The highest BCUT2D eigenvalue weighted by molar-refractivity contribution is 7.91. The van der Waals surface area contributed by atoms with Crippen LogP contribution in [0, 0.1) is 20.8 Å². The van der Waals surface area contributed by atoms with E-state index in [1.165, 1.54) is 0 Å². The molecule has 0 bridgehead atoms. The van der Waals surface area contributed by atoms with Crippen molar-refractivity contribution < 1.29 is 31.5 Å². The van der Waals surface area contributed by atoms with Crippen molar-refractivity contribution >= 4 is 27.4 Å². The molecule has 0 saturated carbocycles. The van der Waals surface area contributed by atoms with Gasteiger partial charge in [-0.05, 0) is 56.2 Å². The normalized spacial score (nSPS) is 11.4. The van der Waals surface area contributed by atoms with Gasteiger partial charge in [0.25, 0.3) is 5.91 Å². The van der Waals surface area contributed by atoms with Gasteiger partial charge in [0.2, 0.25) is 9.84 Å². The summed E-state index contributed by atoms with van der Waals surface area (Å²) in [5.74, 6) is -4.98. The van der Waals surface area contributed by atoms with E-state index in [0.29, 0.717) is 5.69 Å². The van der Waals surface area contributed by atoms with Crippen molar-refractivity contribution in [2.75, 3.05) is 11.9 Å². The quantitative estimate of drug-likeness (QED) is 0.736. The summed E-state index contributed by atoms with van der Waals surface area (Å²) in [6.07, 6.45) is 0. The number of alkyl halides is 2. The average molecular weight is 411 g/mol. The highest BCUT2D eigenvalue weighted by atomic mass is 32.2. The molecule has 0 aromatic heterocycles. The lowest BCUT2D eigenvalue weighted by Gasteiger charge is -2.13. The zero-order valence-electron chi connectivity index (χ0n) is 15.5. The Kier molecular flexibility index (Phi) is 6.50. The van der Waals surface area contributed by atoms with E-state index in [1.54, 1.807) is 0 Å². The minimum Gasteiger partial charge on any atom is -0.452 e. The van der Waals surface area contributed by atoms with Crippen LogP contribution >= 0.6 is 0 Å². The minimum atomic E-state index is -4.74. The Balaban J connectivity index is 2.00. The molecule has 0 aliphatic rings. The van der Waals surface area contributed by atoms with E-state index >= 15 is 0 Å². The molecule has 150 valence electrons. The summed E-state index contributed by atoms with van der Waals surface area (Å²) in [7, 11) is -4.74. The molecule has 9 heteroatoms. The standard InChI is InChI=1S/C19H19F2NO5S/c1-11-8-12(2)17(13(3)9-11)22-16(23)10-27-18(24)14-4-6-15(7-5-14)28(25,26)19(20)21/h4-9,19H,10H2,1-3H3,(H,22,23). The van der Waals surface area contributed by atoms with Crippen molar-refractivity contribution in [3.05, 3.63) is 58.7 Å². The predicted molar refractivity (Wildman–Crippen MR) is 99.2 cm³/mol. The molecule has 28 heavy (non-hydrogen) atoms. The fraction of sp³-hybridized carbons (Fsp3) is 0.263. The molecule has 2 rings (SSSR count). The van der Waals surface area contributed by atoms with Crippen LogP contribution in [0.4, 0.5) is 14.5 Å². The fourth-order valence-corrected chi connectivity index (χ4v) is 3.37. The second-order valence-corrected chi connectivity index (χ2v) is 8.15. The van der Waals surface area contributed by atoms with Crippen LogP contribution in [0.1, 0.15) is 27.0 Å². The van der Waals surface area contributed by atoms with Crippen LogP contribution in [0.5, 0.6) is 0 Å². The molecule has 2 aromatic carbocycles. The summed E-state index contributed by atoms with van der Waals surface area (Å²) >= 11 is 0. The lowest BCUT2D eigenvalue weighted by molar-refractivity contribution is -0.119. The van der Waals surface area contributed by atoms with Crippen LogP contribution in [-0.4, -0.2) is 32.7 Å². The molecule has 0 radical (unpaired) electrons. The van der Waals surface area contributed by atoms with E-state index < -0.39 is 39.0 Å². The number of esters is 1. The molecule has 0 unspecified atom stereocenters. The molecule has 1 amide bonds. The Bertz CT molecular complexity index is 978. The van der Waals surface area contributed by atoms with Crippen LogP contribution in [0.25, 0.3) is 0 Å². The van der Waals surface area contributed by atoms with E-state index in [4.69, 9.17) is 4.74 Å². The van der Waals surface area contributed by atoms with Gasteiger partial charge in [0, 0.05) is 5.69 Å². The number of hydrogen-bond acceptors (Lipinski definition) is 5. The number of carbonyl (C=O) groups is 2. The van der Waals surface area contributed by atoms with Gasteiger partial charge in [-0.3, -0.25) is 4.79 Å². The number of anilines is 1. The molecular weight excluding hydrogens is 392 g/mol. The number of carbonyl (C=O) groups excluding carboxylic acids is 2. The van der Waals surface area contributed by atoms with Gasteiger partial charge >= 0.3 is 11.7 Å². The minimum absolute atomic E-state index is 0.0660. The number of aryl methyl sites for hydroxylation is 3. The molecule has 0 spiro atoms. The SMILES string of the molecule is Cc1cc(C)c(NC(=O)COC(=O)c2ccc(S(=O)(=O)C(F)F)cc2)c(C)c1. The molecular formula is C19H19F2NO5S. The van der Waals surface area contributed by atoms with E-state index in [9.17, 15) is 26.8 Å². The van der Waals surface area contributed by atoms with Crippen molar-refractivity contribution in [3.8, 4) is 0 Å². The van der Waals surface area contributed by atoms with Crippen molar-refractivity contribution in [2.45, 2.75) is 31.4 Å². The molecule has 0 saturated heterocycles. The molecule has 1 N–H and O–H groups in total. The monoisotopic (exact) mass is 411 g/mol. The molecule has 0 heterocycles. The van der Waals surface area contributed by atoms with Crippen LogP contribution < -0.4 is 5.32 Å². The van der Waals surface area contributed by atoms with Gasteiger partial charge in [-0.25, -0.2) is 13.2 Å². The zero-order chi connectivity index (χ0) is 21.1. The molecule has 0 aliphatic heterocycles. The van der Waals surface area contributed by atoms with Gasteiger partial charge in [-0.1, -0.05) is 17.7 Å². The number of halogens is 2. The maximum atomic E-state index is 12.5. The van der Waals surface area contributed by atoms with Gasteiger partial charge in [-0.2, -0.15) is 8.78 Å². The molecule has 0 aliphatic carbocycles. The Morgan fingerprint density at radius 3 is 2.07 bits per heavy atom. The maximum absolute atomic E-state index is 12.5. The lowest BCUT2D eigenvalue weighted by atomic mass is 10.1. The van der Waals surface area contributed by atoms with Crippen molar-refractivity contribution in [2.24, 2.45) is 0 Å². The second kappa shape index (κ2) is 8.47. The van der Waals surface area contributed by atoms with E-state index in [0.717, 1.165) is 41.0 Å². The summed E-state index contributed by atoms with van der Waals surface area (Å²) in [6, 6.07) is 7.68. The Labute approximate surface area is 161 Å². The van der Waals surface area contributed by atoms with Crippen LogP contribution in [0.3, 0.4) is 0 Å². The van der Waals surface area contributed by atoms with Gasteiger partial charge in [0.1, 0.15) is 0 Å². The van der Waals surface area contributed by atoms with Crippen LogP contribution in [0.2, 0.25) is 0 Å². The first-order valence-electron chi connectivity index (χ1n) is 8.19.